The molecule has 2 saturated heterocycles. The van der Waals surface area contributed by atoms with Gasteiger partial charge in [-0.15, -0.1) is 0 Å². The number of fused-ring (bicyclic) bond motifs is 3. The minimum atomic E-state index is -1.30. The Morgan fingerprint density at radius 3 is 2.10 bits per heavy atom. The summed E-state index contributed by atoms with van der Waals surface area (Å²) >= 11 is 0. The smallest absolute Gasteiger partial charge is 0.410 e. The van der Waals surface area contributed by atoms with Gasteiger partial charge < -0.3 is 24.0 Å². The molecule has 50 heavy (non-hydrogen) atoms. The molecular formula is C37H56FN5O5Si2. The van der Waals surface area contributed by atoms with E-state index in [0.717, 1.165) is 49.3 Å². The molecular weight excluding hydrogens is 670 g/mol. The van der Waals surface area contributed by atoms with Crippen LogP contribution in [0, 0.1) is 5.82 Å². The largest absolute Gasteiger partial charge is 0.444 e. The van der Waals surface area contributed by atoms with Crippen LogP contribution in [0.25, 0.3) is 16.8 Å². The first kappa shape index (κ1) is 38.1. The number of hydrogen-bond acceptors (Lipinski definition) is 8. The molecule has 1 amide bonds. The Morgan fingerprint density at radius 2 is 1.58 bits per heavy atom. The van der Waals surface area contributed by atoms with Crippen molar-refractivity contribution < 1.29 is 28.2 Å². The van der Waals surface area contributed by atoms with Gasteiger partial charge in [0.25, 0.3) is 0 Å². The van der Waals surface area contributed by atoms with Crippen molar-refractivity contribution in [3.05, 3.63) is 47.5 Å². The third-order valence-electron chi connectivity index (χ3n) is 9.48. The third kappa shape index (κ3) is 9.59. The van der Waals surface area contributed by atoms with Gasteiger partial charge in [0, 0.05) is 64.7 Å². The van der Waals surface area contributed by atoms with Crippen LogP contribution in [0.15, 0.2) is 30.5 Å². The van der Waals surface area contributed by atoms with Crippen LogP contribution in [-0.4, -0.2) is 92.4 Å². The maximum atomic E-state index is 14.9. The fraction of sp³-hybridized carbons (Fsp3) is 0.622. The number of ether oxygens (including phenoxy) is 3. The minimum Gasteiger partial charge on any atom is -0.444 e. The van der Waals surface area contributed by atoms with Crippen LogP contribution in [0.2, 0.25) is 51.4 Å². The van der Waals surface area contributed by atoms with Crippen LogP contribution in [0.4, 0.5) is 15.0 Å². The van der Waals surface area contributed by atoms with Gasteiger partial charge in [-0.1, -0.05) is 45.3 Å². The fourth-order valence-corrected chi connectivity index (χ4v) is 8.21. The Morgan fingerprint density at radius 1 is 0.980 bits per heavy atom. The molecule has 10 nitrogen and oxygen atoms in total. The van der Waals surface area contributed by atoms with Crippen LogP contribution in [0.1, 0.15) is 68.4 Å². The molecule has 0 N–H and O–H groups in total. The Labute approximate surface area is 298 Å². The Kier molecular flexibility index (Phi) is 11.6. The zero-order valence-electron chi connectivity index (χ0n) is 31.4. The third-order valence-corrected chi connectivity index (χ3v) is 12.9. The quantitative estimate of drug-likeness (QED) is 0.0707. The topological polar surface area (TPSA) is 98.5 Å². The van der Waals surface area contributed by atoms with E-state index in [1.165, 1.54) is 12.1 Å². The first-order valence-corrected chi connectivity index (χ1v) is 25.4. The van der Waals surface area contributed by atoms with Crippen molar-refractivity contribution in [2.75, 3.05) is 31.6 Å². The molecule has 2 aliphatic heterocycles. The Hall–Kier alpha value is -3.14. The van der Waals surface area contributed by atoms with Crippen molar-refractivity contribution in [1.82, 2.24) is 19.5 Å². The average Bonchev–Trinajstić information content (AvgIpc) is 3.56. The lowest BCUT2D eigenvalue weighted by Crippen LogP contribution is -2.48. The van der Waals surface area contributed by atoms with E-state index in [-0.39, 0.29) is 29.7 Å². The second kappa shape index (κ2) is 15.2. The van der Waals surface area contributed by atoms with Gasteiger partial charge in [0.2, 0.25) is 0 Å². The first-order valence-electron chi connectivity index (χ1n) is 18.0. The summed E-state index contributed by atoms with van der Waals surface area (Å²) in [6, 6.07) is 8.89. The van der Waals surface area contributed by atoms with E-state index in [2.05, 4.69) is 50.2 Å². The molecule has 2 bridgehead atoms. The molecule has 0 aliphatic carbocycles. The highest BCUT2D eigenvalue weighted by atomic mass is 28.3. The van der Waals surface area contributed by atoms with Crippen molar-refractivity contribution >= 4 is 40.0 Å². The Bertz CT molecular complexity index is 1630. The van der Waals surface area contributed by atoms with Gasteiger partial charge in [-0.2, -0.15) is 9.61 Å². The van der Waals surface area contributed by atoms with E-state index in [1.54, 1.807) is 16.8 Å². The molecule has 2 aliphatic rings. The van der Waals surface area contributed by atoms with Gasteiger partial charge in [0.15, 0.2) is 11.9 Å². The average molecular weight is 726 g/mol. The predicted molar refractivity (Wildman–Crippen MR) is 201 cm³/mol. The number of carbonyl (C=O) groups is 2. The minimum absolute atomic E-state index is 0.00360. The Balaban J connectivity index is 1.53. The lowest BCUT2D eigenvalue weighted by Gasteiger charge is -2.39. The summed E-state index contributed by atoms with van der Waals surface area (Å²) in [5, 5.41) is 4.77. The van der Waals surface area contributed by atoms with Gasteiger partial charge in [0.1, 0.15) is 30.7 Å². The van der Waals surface area contributed by atoms with Crippen molar-refractivity contribution in [2.45, 2.75) is 121 Å². The number of piperidine rings is 1. The number of rotatable bonds is 14. The highest BCUT2D eigenvalue weighted by Gasteiger charge is 2.45. The number of amides is 1. The van der Waals surface area contributed by atoms with Crippen LogP contribution in [0.5, 0.6) is 0 Å². The van der Waals surface area contributed by atoms with Gasteiger partial charge in [-0.05, 0) is 76.2 Å². The molecule has 2 aromatic heterocycles. The molecule has 3 aromatic rings. The monoisotopic (exact) mass is 725 g/mol. The number of hydrogen-bond donors (Lipinski definition) is 0. The van der Waals surface area contributed by atoms with Crippen molar-refractivity contribution in [1.29, 1.82) is 0 Å². The molecule has 0 unspecified atom stereocenters. The number of anilines is 1. The van der Waals surface area contributed by atoms with Crippen molar-refractivity contribution in [2.24, 2.45) is 0 Å². The second-order valence-electron chi connectivity index (χ2n) is 17.4. The van der Waals surface area contributed by atoms with Crippen LogP contribution < -0.4 is 4.90 Å². The fourth-order valence-electron chi connectivity index (χ4n) is 6.70. The lowest BCUT2D eigenvalue weighted by molar-refractivity contribution is 0.00568. The van der Waals surface area contributed by atoms with Gasteiger partial charge >= 0.3 is 6.09 Å². The maximum Gasteiger partial charge on any atom is 0.410 e. The van der Waals surface area contributed by atoms with Crippen LogP contribution >= 0.6 is 0 Å². The normalized spacial score (nSPS) is 19.6. The molecule has 0 radical (unpaired) electrons. The molecule has 4 heterocycles. The standard InChI is InChI=1S/C37H56FN5O5Si2/c1-37(2,3)48-36(45)42-29-12-13-30(42)19-28(18-29)33-21-34(41(24-46-14-16-49(4,5)6)25-47-15-17-50(7,8)9)43-35(40-33)31(22-39-43)26-10-11-27(23-44)32(38)20-26/h10-11,20-23,28-30H,12-19,24-25H2,1-9H3/t28-,29+,30-. The zero-order valence-corrected chi connectivity index (χ0v) is 33.4. The molecule has 2 fully saturated rings. The number of benzene rings is 1. The van der Waals surface area contributed by atoms with Crippen molar-refractivity contribution in [3.63, 3.8) is 0 Å². The SMILES string of the molecule is CC(C)(C)OC(=O)N1[C@@H]2CC[C@H]1C[C@@H](c1cc(N(COCC[Si](C)(C)C)COCC[Si](C)(C)C)n3ncc(-c4ccc(C=O)c(F)c4)c3n1)C2. The number of nitrogens with zero attached hydrogens (tertiary/aromatic N) is 5. The lowest BCUT2D eigenvalue weighted by atomic mass is 9.88. The predicted octanol–water partition coefficient (Wildman–Crippen LogP) is 8.42. The number of halogens is 1. The second-order valence-corrected chi connectivity index (χ2v) is 28.6. The summed E-state index contributed by atoms with van der Waals surface area (Å²) in [4.78, 5) is 33.8. The molecule has 5 rings (SSSR count). The van der Waals surface area contributed by atoms with E-state index in [4.69, 9.17) is 24.3 Å². The molecule has 13 heteroatoms. The zero-order chi connectivity index (χ0) is 36.4. The number of aromatic nitrogens is 3. The summed E-state index contributed by atoms with van der Waals surface area (Å²) in [7, 11) is -2.61. The molecule has 0 saturated carbocycles. The summed E-state index contributed by atoms with van der Waals surface area (Å²) < 4.78 is 35.1. The summed E-state index contributed by atoms with van der Waals surface area (Å²) in [6.45, 7) is 21.7. The van der Waals surface area contributed by atoms with Gasteiger partial charge in [-0.3, -0.25) is 4.79 Å². The van der Waals surface area contributed by atoms with Crippen LogP contribution in [-0.2, 0) is 14.2 Å². The van der Waals surface area contributed by atoms with Gasteiger partial charge in [0.05, 0.1) is 11.8 Å². The van der Waals surface area contributed by atoms with E-state index in [0.29, 0.717) is 49.7 Å². The van der Waals surface area contributed by atoms with E-state index in [9.17, 15) is 14.0 Å². The highest BCUT2D eigenvalue weighted by Crippen LogP contribution is 2.44. The maximum absolute atomic E-state index is 14.9. The summed E-state index contributed by atoms with van der Waals surface area (Å²) in [6.07, 6.45) is 5.37. The van der Waals surface area contributed by atoms with E-state index < -0.39 is 27.6 Å². The summed E-state index contributed by atoms with van der Waals surface area (Å²) in [5.74, 6) is 0.283. The number of carbonyl (C=O) groups excluding carboxylic acids is 2. The van der Waals surface area contributed by atoms with E-state index >= 15 is 0 Å². The summed E-state index contributed by atoms with van der Waals surface area (Å²) in [5.41, 5.74) is 2.18. The molecule has 0 spiro atoms. The van der Waals surface area contributed by atoms with E-state index in [1.807, 2.05) is 25.7 Å². The molecule has 274 valence electrons. The van der Waals surface area contributed by atoms with Crippen molar-refractivity contribution in [3.8, 4) is 11.1 Å². The molecule has 1 aromatic carbocycles. The number of aldehydes is 1. The van der Waals surface area contributed by atoms with Crippen LogP contribution in [0.3, 0.4) is 0 Å². The van der Waals surface area contributed by atoms with Gasteiger partial charge in [-0.25, -0.2) is 14.2 Å². The first-order chi connectivity index (χ1) is 23.4. The molecule has 3 atom stereocenters. The highest BCUT2D eigenvalue weighted by molar-refractivity contribution is 6.76.